The summed E-state index contributed by atoms with van der Waals surface area (Å²) < 4.78 is 12.3. The standard InChI is InChI=1S/C24H23ClN2O4S/c1-14-5-7-18-16(11-21(28)31-22(18)15(14)2)13-32-24-26-20-12-17(25)6-8-19(20)23(29)27(24)9-4-10-30-3/h5-8,11-12H,4,9-10,13H2,1-3H3. The number of thioether (sulfide) groups is 1. The zero-order valence-electron chi connectivity index (χ0n) is 18.1. The normalized spacial score (nSPS) is 11.5. The fraction of sp³-hybridized carbons (Fsp3) is 0.292. The van der Waals surface area contributed by atoms with Crippen LogP contribution in [0.4, 0.5) is 0 Å². The van der Waals surface area contributed by atoms with E-state index < -0.39 is 5.63 Å². The Labute approximate surface area is 194 Å². The SMILES string of the molecule is COCCCn1c(SCc2cc(=O)oc3c(C)c(C)ccc23)nc2cc(Cl)ccc2c1=O. The maximum atomic E-state index is 13.2. The third-order valence-corrected chi connectivity index (χ3v) is 6.75. The van der Waals surface area contributed by atoms with Crippen molar-refractivity contribution < 1.29 is 9.15 Å². The molecule has 0 aliphatic heterocycles. The summed E-state index contributed by atoms with van der Waals surface area (Å²) in [5.41, 5.74) is 3.49. The summed E-state index contributed by atoms with van der Waals surface area (Å²) in [4.78, 5) is 30.1. The second kappa shape index (κ2) is 9.48. The highest BCUT2D eigenvalue weighted by Crippen LogP contribution is 2.29. The number of methoxy groups -OCH3 is 1. The van der Waals surface area contributed by atoms with E-state index in [1.165, 1.54) is 17.8 Å². The molecule has 0 unspecified atom stereocenters. The van der Waals surface area contributed by atoms with Crippen LogP contribution in [-0.4, -0.2) is 23.3 Å². The van der Waals surface area contributed by atoms with Gasteiger partial charge in [0.1, 0.15) is 5.58 Å². The molecule has 2 aromatic heterocycles. The first-order valence-corrected chi connectivity index (χ1v) is 11.6. The van der Waals surface area contributed by atoms with Crippen molar-refractivity contribution in [2.24, 2.45) is 0 Å². The van der Waals surface area contributed by atoms with Crippen LogP contribution in [0.15, 0.2) is 55.6 Å². The van der Waals surface area contributed by atoms with Crippen LogP contribution in [0.3, 0.4) is 0 Å². The third kappa shape index (κ3) is 4.46. The molecule has 0 saturated carbocycles. The number of hydrogen-bond donors (Lipinski definition) is 0. The first-order valence-electron chi connectivity index (χ1n) is 10.2. The molecule has 0 fully saturated rings. The molecule has 166 valence electrons. The van der Waals surface area contributed by atoms with Crippen LogP contribution in [0.1, 0.15) is 23.1 Å². The van der Waals surface area contributed by atoms with Gasteiger partial charge in [-0.1, -0.05) is 35.5 Å². The Hall–Kier alpha value is -2.61. The number of benzene rings is 2. The predicted molar refractivity (Wildman–Crippen MR) is 129 cm³/mol. The van der Waals surface area contributed by atoms with E-state index >= 15 is 0 Å². The van der Waals surface area contributed by atoms with Crippen molar-refractivity contribution in [2.45, 2.75) is 37.7 Å². The van der Waals surface area contributed by atoms with Gasteiger partial charge < -0.3 is 9.15 Å². The van der Waals surface area contributed by atoms with Gasteiger partial charge in [-0.05, 0) is 55.2 Å². The van der Waals surface area contributed by atoms with Crippen LogP contribution in [0.2, 0.25) is 5.02 Å². The van der Waals surface area contributed by atoms with Crippen LogP contribution in [0, 0.1) is 13.8 Å². The van der Waals surface area contributed by atoms with Crippen LogP contribution in [-0.2, 0) is 17.0 Å². The maximum Gasteiger partial charge on any atom is 0.336 e. The van der Waals surface area contributed by atoms with Gasteiger partial charge >= 0.3 is 5.63 Å². The number of fused-ring (bicyclic) bond motifs is 2. The molecule has 6 nitrogen and oxygen atoms in total. The average Bonchev–Trinajstić information content (AvgIpc) is 2.76. The summed E-state index contributed by atoms with van der Waals surface area (Å²) in [7, 11) is 1.63. The summed E-state index contributed by atoms with van der Waals surface area (Å²) >= 11 is 7.55. The van der Waals surface area contributed by atoms with Gasteiger partial charge in [-0.15, -0.1) is 0 Å². The van der Waals surface area contributed by atoms with Gasteiger partial charge in [-0.3, -0.25) is 9.36 Å². The van der Waals surface area contributed by atoms with Gasteiger partial charge in [0.05, 0.1) is 10.9 Å². The number of ether oxygens (including phenoxy) is 1. The van der Waals surface area contributed by atoms with Crippen LogP contribution in [0.5, 0.6) is 0 Å². The van der Waals surface area contributed by atoms with Crippen molar-refractivity contribution >= 4 is 45.2 Å². The Balaban J connectivity index is 1.77. The van der Waals surface area contributed by atoms with Gasteiger partial charge in [0.25, 0.3) is 5.56 Å². The quantitative estimate of drug-likeness (QED) is 0.162. The zero-order chi connectivity index (χ0) is 22.8. The minimum Gasteiger partial charge on any atom is -0.422 e. The molecule has 0 saturated heterocycles. The molecule has 4 rings (SSSR count). The van der Waals surface area contributed by atoms with E-state index in [2.05, 4.69) is 0 Å². The highest BCUT2D eigenvalue weighted by molar-refractivity contribution is 7.98. The molecule has 0 aliphatic rings. The first-order chi connectivity index (χ1) is 15.4. The number of hydrogen-bond acceptors (Lipinski definition) is 6. The van der Waals surface area contributed by atoms with Crippen molar-refractivity contribution in [3.05, 3.63) is 78.9 Å². The summed E-state index contributed by atoms with van der Waals surface area (Å²) in [5.74, 6) is 0.466. The van der Waals surface area contributed by atoms with E-state index in [1.54, 1.807) is 29.9 Å². The van der Waals surface area contributed by atoms with E-state index in [0.717, 1.165) is 22.1 Å². The average molecular weight is 471 g/mol. The molecule has 2 aromatic carbocycles. The highest BCUT2D eigenvalue weighted by Gasteiger charge is 2.15. The molecule has 0 radical (unpaired) electrons. The van der Waals surface area contributed by atoms with E-state index in [-0.39, 0.29) is 5.56 Å². The molecule has 0 aliphatic carbocycles. The third-order valence-electron chi connectivity index (χ3n) is 5.49. The van der Waals surface area contributed by atoms with Gasteiger partial charge in [-0.2, -0.15) is 0 Å². The van der Waals surface area contributed by atoms with Gasteiger partial charge in [-0.25, -0.2) is 9.78 Å². The van der Waals surface area contributed by atoms with E-state index in [4.69, 9.17) is 25.7 Å². The van der Waals surface area contributed by atoms with Crippen molar-refractivity contribution in [3.8, 4) is 0 Å². The molecule has 0 bridgehead atoms. The lowest BCUT2D eigenvalue weighted by atomic mass is 10.0. The molecule has 0 N–H and O–H groups in total. The molecule has 0 amide bonds. The zero-order valence-corrected chi connectivity index (χ0v) is 19.7. The summed E-state index contributed by atoms with van der Waals surface area (Å²) in [5, 5.41) is 2.51. The van der Waals surface area contributed by atoms with Crippen LogP contribution >= 0.6 is 23.4 Å². The van der Waals surface area contributed by atoms with Crippen molar-refractivity contribution in [1.29, 1.82) is 0 Å². The van der Waals surface area contributed by atoms with Crippen molar-refractivity contribution in [2.75, 3.05) is 13.7 Å². The molecule has 8 heteroatoms. The minimum absolute atomic E-state index is 0.117. The Kier molecular flexibility index (Phi) is 6.69. The summed E-state index contributed by atoms with van der Waals surface area (Å²) in [6, 6.07) is 10.6. The van der Waals surface area contributed by atoms with E-state index in [0.29, 0.717) is 52.0 Å². The number of halogens is 1. The lowest BCUT2D eigenvalue weighted by molar-refractivity contribution is 0.189. The lowest BCUT2D eigenvalue weighted by Gasteiger charge is -2.14. The Morgan fingerprint density at radius 2 is 1.91 bits per heavy atom. The van der Waals surface area contributed by atoms with Gasteiger partial charge in [0.2, 0.25) is 0 Å². The molecule has 0 atom stereocenters. The smallest absolute Gasteiger partial charge is 0.336 e. The monoisotopic (exact) mass is 470 g/mol. The second-order valence-corrected chi connectivity index (χ2v) is 9.00. The largest absolute Gasteiger partial charge is 0.422 e. The fourth-order valence-electron chi connectivity index (χ4n) is 3.63. The molecule has 2 heterocycles. The van der Waals surface area contributed by atoms with E-state index in [1.807, 2.05) is 26.0 Å². The number of aryl methyl sites for hydroxylation is 2. The minimum atomic E-state index is -0.391. The maximum absolute atomic E-state index is 13.2. The Morgan fingerprint density at radius 1 is 1.12 bits per heavy atom. The fourth-order valence-corrected chi connectivity index (χ4v) is 4.82. The molecule has 32 heavy (non-hydrogen) atoms. The summed E-state index contributed by atoms with van der Waals surface area (Å²) in [6.07, 6.45) is 0.682. The Bertz CT molecular complexity index is 1430. The van der Waals surface area contributed by atoms with E-state index in [9.17, 15) is 9.59 Å². The Morgan fingerprint density at radius 3 is 2.69 bits per heavy atom. The predicted octanol–water partition coefficient (Wildman–Crippen LogP) is 5.10. The lowest BCUT2D eigenvalue weighted by Crippen LogP contribution is -2.24. The molecular formula is C24H23ClN2O4S. The topological polar surface area (TPSA) is 74.3 Å². The molecule has 4 aromatic rings. The number of rotatable bonds is 7. The molecular weight excluding hydrogens is 448 g/mol. The summed E-state index contributed by atoms with van der Waals surface area (Å²) in [6.45, 7) is 4.95. The number of nitrogens with zero attached hydrogens (tertiary/aromatic N) is 2. The second-order valence-electron chi connectivity index (χ2n) is 7.62. The van der Waals surface area contributed by atoms with Crippen molar-refractivity contribution in [3.63, 3.8) is 0 Å². The molecule has 0 spiro atoms. The van der Waals surface area contributed by atoms with Crippen molar-refractivity contribution in [1.82, 2.24) is 9.55 Å². The van der Waals surface area contributed by atoms with Crippen LogP contribution in [0.25, 0.3) is 21.9 Å². The van der Waals surface area contributed by atoms with Crippen LogP contribution < -0.4 is 11.2 Å². The van der Waals surface area contributed by atoms with Gasteiger partial charge in [0.15, 0.2) is 5.16 Å². The highest BCUT2D eigenvalue weighted by atomic mass is 35.5. The first kappa shape index (κ1) is 22.6. The number of aromatic nitrogens is 2. The van der Waals surface area contributed by atoms with Gasteiger partial charge in [0, 0.05) is 42.5 Å².